The number of rotatable bonds is 2. The summed E-state index contributed by atoms with van der Waals surface area (Å²) >= 11 is 0. The van der Waals surface area contributed by atoms with Crippen LogP contribution in [0.25, 0.3) is 0 Å². The lowest BCUT2D eigenvalue weighted by Crippen LogP contribution is -2.38. The molecule has 6 heteroatoms. The minimum atomic E-state index is -0.432. The minimum Gasteiger partial charge on any atom is -0.462 e. The summed E-state index contributed by atoms with van der Waals surface area (Å²) in [5.41, 5.74) is 0.611. The summed E-state index contributed by atoms with van der Waals surface area (Å²) in [7, 11) is 1.91. The SMILES string of the molecule is CN1/C(=N\c2ccc([N+](=O)[O-])cc2)OCC1(C)C. The van der Waals surface area contributed by atoms with Gasteiger partial charge in [-0.25, -0.2) is 0 Å². The van der Waals surface area contributed by atoms with Gasteiger partial charge in [-0.1, -0.05) is 0 Å². The van der Waals surface area contributed by atoms with Crippen LogP contribution in [-0.4, -0.2) is 35.0 Å². The van der Waals surface area contributed by atoms with E-state index < -0.39 is 4.92 Å². The van der Waals surface area contributed by atoms with Gasteiger partial charge in [-0.3, -0.25) is 10.1 Å². The summed E-state index contributed by atoms with van der Waals surface area (Å²) in [5, 5.41) is 10.5. The van der Waals surface area contributed by atoms with Crippen molar-refractivity contribution in [2.75, 3.05) is 13.7 Å². The highest BCUT2D eigenvalue weighted by atomic mass is 16.6. The molecule has 2 rings (SSSR count). The van der Waals surface area contributed by atoms with E-state index in [0.29, 0.717) is 18.3 Å². The number of non-ortho nitro benzene ring substituents is 1. The van der Waals surface area contributed by atoms with Gasteiger partial charge in [0.2, 0.25) is 0 Å². The smallest absolute Gasteiger partial charge is 0.292 e. The molecular formula is C12H15N3O3. The number of nitro groups is 1. The fourth-order valence-electron chi connectivity index (χ4n) is 1.56. The Morgan fingerprint density at radius 3 is 2.44 bits per heavy atom. The standard InChI is InChI=1S/C12H15N3O3/c1-12(2)8-18-11(14(12)3)13-9-4-6-10(7-5-9)15(16)17/h4-7H,8H2,1-3H3/b13-11+. The third-order valence-corrected chi connectivity index (χ3v) is 3.03. The Labute approximate surface area is 105 Å². The van der Waals surface area contributed by atoms with E-state index in [0.717, 1.165) is 0 Å². The third kappa shape index (κ3) is 2.27. The molecule has 1 saturated heterocycles. The molecular weight excluding hydrogens is 234 g/mol. The number of hydrogen-bond acceptors (Lipinski definition) is 4. The minimum absolute atomic E-state index is 0.0555. The van der Waals surface area contributed by atoms with Crippen molar-refractivity contribution >= 4 is 17.4 Å². The Morgan fingerprint density at radius 1 is 1.39 bits per heavy atom. The predicted molar refractivity (Wildman–Crippen MR) is 68.0 cm³/mol. The first-order chi connectivity index (χ1) is 8.40. The molecule has 1 fully saturated rings. The molecule has 96 valence electrons. The highest BCUT2D eigenvalue weighted by Gasteiger charge is 2.35. The van der Waals surface area contributed by atoms with Crippen LogP contribution in [0, 0.1) is 10.1 Å². The maximum Gasteiger partial charge on any atom is 0.292 e. The molecule has 1 aromatic carbocycles. The first-order valence-electron chi connectivity index (χ1n) is 5.60. The summed E-state index contributed by atoms with van der Waals surface area (Å²) in [5.74, 6) is 0. The topological polar surface area (TPSA) is 68.0 Å². The number of benzene rings is 1. The van der Waals surface area contributed by atoms with Gasteiger partial charge < -0.3 is 9.64 Å². The Hall–Kier alpha value is -2.11. The first kappa shape index (κ1) is 12.3. The zero-order chi connectivity index (χ0) is 13.3. The third-order valence-electron chi connectivity index (χ3n) is 3.03. The van der Waals surface area contributed by atoms with Gasteiger partial charge >= 0.3 is 0 Å². The van der Waals surface area contributed by atoms with Crippen LogP contribution in [0.2, 0.25) is 0 Å². The molecule has 0 unspecified atom stereocenters. The van der Waals surface area contributed by atoms with Gasteiger partial charge in [-0.2, -0.15) is 4.99 Å². The van der Waals surface area contributed by atoms with Gasteiger partial charge in [0.25, 0.3) is 11.7 Å². The lowest BCUT2D eigenvalue weighted by atomic mass is 10.1. The molecule has 0 bridgehead atoms. The van der Waals surface area contributed by atoms with Gasteiger partial charge in [0, 0.05) is 19.2 Å². The summed E-state index contributed by atoms with van der Waals surface area (Å²) in [4.78, 5) is 16.4. The second kappa shape index (κ2) is 4.29. The van der Waals surface area contributed by atoms with Crippen LogP contribution in [0.3, 0.4) is 0 Å². The van der Waals surface area contributed by atoms with Gasteiger partial charge in [0.15, 0.2) is 0 Å². The number of likely N-dealkylation sites (N-methyl/N-ethyl adjacent to an activating group) is 1. The van der Waals surface area contributed by atoms with Crippen molar-refractivity contribution in [3.8, 4) is 0 Å². The normalized spacial score (nSPS) is 19.9. The quantitative estimate of drug-likeness (QED) is 0.596. The second-order valence-electron chi connectivity index (χ2n) is 4.83. The molecule has 1 aliphatic rings. The van der Waals surface area contributed by atoms with Crippen LogP contribution < -0.4 is 0 Å². The van der Waals surface area contributed by atoms with Crippen LogP contribution in [0.15, 0.2) is 29.3 Å². The lowest BCUT2D eigenvalue weighted by Gasteiger charge is -2.24. The van der Waals surface area contributed by atoms with E-state index in [1.165, 1.54) is 12.1 Å². The monoisotopic (exact) mass is 249 g/mol. The molecule has 0 spiro atoms. The fourth-order valence-corrected chi connectivity index (χ4v) is 1.56. The van der Waals surface area contributed by atoms with E-state index in [1.807, 2.05) is 11.9 Å². The van der Waals surface area contributed by atoms with Crippen LogP contribution in [0.4, 0.5) is 11.4 Å². The zero-order valence-corrected chi connectivity index (χ0v) is 10.6. The van der Waals surface area contributed by atoms with Crippen molar-refractivity contribution in [2.24, 2.45) is 4.99 Å². The average molecular weight is 249 g/mol. The largest absolute Gasteiger partial charge is 0.462 e. The summed E-state index contributed by atoms with van der Waals surface area (Å²) in [6.45, 7) is 4.70. The molecule has 18 heavy (non-hydrogen) atoms. The van der Waals surface area contributed by atoms with E-state index in [2.05, 4.69) is 18.8 Å². The Kier molecular flexibility index (Phi) is 2.94. The average Bonchev–Trinajstić information content (AvgIpc) is 2.57. The van der Waals surface area contributed by atoms with E-state index in [-0.39, 0.29) is 11.2 Å². The molecule has 0 atom stereocenters. The molecule has 1 heterocycles. The number of aliphatic imine (C=N–C) groups is 1. The molecule has 0 saturated carbocycles. The molecule has 0 aromatic heterocycles. The zero-order valence-electron chi connectivity index (χ0n) is 10.6. The van der Waals surface area contributed by atoms with Gasteiger partial charge in [-0.15, -0.1) is 0 Å². The van der Waals surface area contributed by atoms with Crippen LogP contribution in [0.1, 0.15) is 13.8 Å². The predicted octanol–water partition coefficient (Wildman–Crippen LogP) is 2.32. The summed E-state index contributed by atoms with van der Waals surface area (Å²) in [6.07, 6.45) is 0. The number of nitro benzene ring substituents is 1. The van der Waals surface area contributed by atoms with E-state index in [9.17, 15) is 10.1 Å². The van der Waals surface area contributed by atoms with Gasteiger partial charge in [0.05, 0.1) is 16.1 Å². The van der Waals surface area contributed by atoms with Crippen LogP contribution in [0.5, 0.6) is 0 Å². The lowest BCUT2D eigenvalue weighted by molar-refractivity contribution is -0.384. The molecule has 6 nitrogen and oxygen atoms in total. The Bertz CT molecular complexity index is 494. The molecule has 0 aliphatic carbocycles. The van der Waals surface area contributed by atoms with E-state index in [4.69, 9.17) is 4.74 Å². The Balaban J connectivity index is 2.21. The molecule has 1 aromatic rings. The molecule has 0 radical (unpaired) electrons. The number of nitrogens with zero attached hydrogens (tertiary/aromatic N) is 3. The van der Waals surface area contributed by atoms with E-state index in [1.54, 1.807) is 12.1 Å². The summed E-state index contributed by atoms with van der Waals surface area (Å²) in [6, 6.07) is 6.61. The van der Waals surface area contributed by atoms with Crippen molar-refractivity contribution < 1.29 is 9.66 Å². The molecule has 0 amide bonds. The van der Waals surface area contributed by atoms with Crippen molar-refractivity contribution in [3.63, 3.8) is 0 Å². The summed E-state index contributed by atoms with van der Waals surface area (Å²) < 4.78 is 5.50. The highest BCUT2D eigenvalue weighted by Crippen LogP contribution is 2.24. The maximum atomic E-state index is 10.5. The van der Waals surface area contributed by atoms with Gasteiger partial charge in [-0.05, 0) is 26.0 Å². The van der Waals surface area contributed by atoms with Crippen molar-refractivity contribution in [1.82, 2.24) is 4.90 Å². The van der Waals surface area contributed by atoms with Crippen molar-refractivity contribution in [3.05, 3.63) is 34.4 Å². The molecule has 0 N–H and O–H groups in total. The first-order valence-corrected chi connectivity index (χ1v) is 5.60. The maximum absolute atomic E-state index is 10.5. The van der Waals surface area contributed by atoms with E-state index >= 15 is 0 Å². The van der Waals surface area contributed by atoms with Crippen LogP contribution in [-0.2, 0) is 4.74 Å². The molecule has 1 aliphatic heterocycles. The second-order valence-corrected chi connectivity index (χ2v) is 4.83. The number of hydrogen-bond donors (Lipinski definition) is 0. The highest BCUT2D eigenvalue weighted by molar-refractivity contribution is 5.79. The number of amidine groups is 1. The Morgan fingerprint density at radius 2 is 2.00 bits per heavy atom. The van der Waals surface area contributed by atoms with Crippen molar-refractivity contribution in [1.29, 1.82) is 0 Å². The number of ether oxygens (including phenoxy) is 1. The van der Waals surface area contributed by atoms with Crippen LogP contribution >= 0.6 is 0 Å². The van der Waals surface area contributed by atoms with Crippen molar-refractivity contribution in [2.45, 2.75) is 19.4 Å². The fraction of sp³-hybridized carbons (Fsp3) is 0.417. The van der Waals surface area contributed by atoms with Gasteiger partial charge in [0.1, 0.15) is 6.61 Å².